The number of guanidine groups is 1. The van der Waals surface area contributed by atoms with Crippen LogP contribution < -0.4 is 10.6 Å². The number of aliphatic imine (C=N–C) groups is 1. The predicted octanol–water partition coefficient (Wildman–Crippen LogP) is 3.96. The van der Waals surface area contributed by atoms with E-state index in [1.807, 2.05) is 36.4 Å². The summed E-state index contributed by atoms with van der Waals surface area (Å²) in [5.74, 6) is 1.26. The minimum absolute atomic E-state index is 0.339. The van der Waals surface area contributed by atoms with Gasteiger partial charge in [0.15, 0.2) is 5.96 Å². The third-order valence-corrected chi connectivity index (χ3v) is 5.73. The number of likely N-dealkylation sites (tertiary alicyclic amines) is 1. The van der Waals surface area contributed by atoms with Crippen molar-refractivity contribution in [1.82, 2.24) is 15.5 Å². The van der Waals surface area contributed by atoms with Crippen molar-refractivity contribution < 1.29 is 0 Å². The molecule has 1 aliphatic heterocycles. The molecule has 5 nitrogen and oxygen atoms in total. The molecule has 0 spiro atoms. The predicted molar refractivity (Wildman–Crippen MR) is 119 cm³/mol. The first-order valence-corrected chi connectivity index (χ1v) is 10.4. The molecule has 29 heavy (non-hydrogen) atoms. The molecular formula is C23H28ClN5. The third-order valence-electron chi connectivity index (χ3n) is 5.50. The van der Waals surface area contributed by atoms with E-state index in [1.54, 1.807) is 7.05 Å². The van der Waals surface area contributed by atoms with Crippen molar-refractivity contribution >= 4 is 17.6 Å². The number of nitrogens with one attached hydrogen (secondary N) is 2. The van der Waals surface area contributed by atoms with Gasteiger partial charge < -0.3 is 10.6 Å². The second-order valence-electron chi connectivity index (χ2n) is 7.50. The zero-order valence-corrected chi connectivity index (χ0v) is 17.8. The topological polar surface area (TPSA) is 63.5 Å². The van der Waals surface area contributed by atoms with Gasteiger partial charge in [-0.15, -0.1) is 0 Å². The van der Waals surface area contributed by atoms with E-state index in [0.717, 1.165) is 29.6 Å². The molecule has 6 heteroatoms. The zero-order chi connectivity index (χ0) is 20.6. The molecule has 2 aromatic carbocycles. The van der Waals surface area contributed by atoms with Crippen molar-refractivity contribution in [2.75, 3.05) is 27.2 Å². The first kappa shape index (κ1) is 21.2. The number of nitrogens with zero attached hydrogens (tertiary/aromatic N) is 3. The van der Waals surface area contributed by atoms with Crippen LogP contribution in [0.15, 0.2) is 53.5 Å². The molecule has 1 saturated heterocycles. The van der Waals surface area contributed by atoms with Crippen molar-refractivity contribution in [1.29, 1.82) is 5.26 Å². The largest absolute Gasteiger partial charge is 0.356 e. The van der Waals surface area contributed by atoms with Crippen molar-refractivity contribution in [3.8, 4) is 6.07 Å². The van der Waals surface area contributed by atoms with Gasteiger partial charge in [-0.05, 0) is 67.7 Å². The maximum Gasteiger partial charge on any atom is 0.191 e. The average molecular weight is 410 g/mol. The van der Waals surface area contributed by atoms with Crippen LogP contribution in [-0.4, -0.2) is 38.0 Å². The minimum atomic E-state index is 0.339. The first-order chi connectivity index (χ1) is 14.1. The molecule has 0 amide bonds. The Labute approximate surface area is 178 Å². The molecule has 3 rings (SSSR count). The molecule has 2 N–H and O–H groups in total. The normalized spacial score (nSPS) is 20.1. The van der Waals surface area contributed by atoms with Gasteiger partial charge in [0, 0.05) is 31.2 Å². The summed E-state index contributed by atoms with van der Waals surface area (Å²) in [5, 5.41) is 16.5. The second-order valence-corrected chi connectivity index (χ2v) is 7.93. The van der Waals surface area contributed by atoms with Gasteiger partial charge in [-0.2, -0.15) is 5.26 Å². The molecule has 0 aliphatic carbocycles. The van der Waals surface area contributed by atoms with Gasteiger partial charge in [-0.25, -0.2) is 0 Å². The second kappa shape index (κ2) is 10.3. The van der Waals surface area contributed by atoms with E-state index in [0.29, 0.717) is 24.1 Å². The number of hydrogen-bond donors (Lipinski definition) is 2. The lowest BCUT2D eigenvalue weighted by molar-refractivity contribution is 0.122. The highest BCUT2D eigenvalue weighted by Gasteiger charge is 2.30. The van der Waals surface area contributed by atoms with Gasteiger partial charge in [-0.1, -0.05) is 35.9 Å². The number of halogens is 1. The molecule has 1 fully saturated rings. The van der Waals surface area contributed by atoms with Crippen LogP contribution in [0.3, 0.4) is 0 Å². The molecule has 0 radical (unpaired) electrons. The number of rotatable bonds is 5. The molecule has 2 unspecified atom stereocenters. The number of benzene rings is 2. The Morgan fingerprint density at radius 1 is 1.24 bits per heavy atom. The average Bonchev–Trinajstić information content (AvgIpc) is 2.74. The summed E-state index contributed by atoms with van der Waals surface area (Å²) in [4.78, 5) is 6.78. The summed E-state index contributed by atoms with van der Waals surface area (Å²) in [6.45, 7) is 2.60. The van der Waals surface area contributed by atoms with Gasteiger partial charge in [0.05, 0.1) is 11.6 Å². The highest BCUT2D eigenvalue weighted by molar-refractivity contribution is 6.30. The molecule has 1 heterocycles. The molecule has 0 bridgehead atoms. The Morgan fingerprint density at radius 2 is 2.03 bits per heavy atom. The Kier molecular flexibility index (Phi) is 7.51. The maximum absolute atomic E-state index is 8.91. The Bertz CT molecular complexity index is 872. The van der Waals surface area contributed by atoms with E-state index in [2.05, 4.69) is 45.8 Å². The van der Waals surface area contributed by atoms with Crippen molar-refractivity contribution in [2.45, 2.75) is 25.4 Å². The number of hydrogen-bond acceptors (Lipinski definition) is 3. The van der Waals surface area contributed by atoms with E-state index < -0.39 is 0 Å². The summed E-state index contributed by atoms with van der Waals surface area (Å²) in [5.41, 5.74) is 3.05. The quantitative estimate of drug-likeness (QED) is 0.579. The van der Waals surface area contributed by atoms with E-state index in [1.165, 1.54) is 18.4 Å². The van der Waals surface area contributed by atoms with Crippen LogP contribution in [0.2, 0.25) is 5.02 Å². The third kappa shape index (κ3) is 5.72. The standard InChI is InChI=1S/C23H28ClN5/c1-26-23(27-15-18-10-8-17(14-25)9-11-18)28-16-20-6-4-12-29(2)22(20)19-5-3-7-21(24)13-19/h3,5,7-11,13,20,22H,4,6,12,15-16H2,1-2H3,(H2,26,27,28). The lowest BCUT2D eigenvalue weighted by Crippen LogP contribution is -2.44. The first-order valence-electron chi connectivity index (χ1n) is 10.00. The number of piperidine rings is 1. The maximum atomic E-state index is 8.91. The van der Waals surface area contributed by atoms with E-state index in [4.69, 9.17) is 16.9 Å². The SMILES string of the molecule is CN=C(NCc1ccc(C#N)cc1)NCC1CCCN(C)C1c1cccc(Cl)c1. The smallest absolute Gasteiger partial charge is 0.191 e. The Morgan fingerprint density at radius 3 is 2.72 bits per heavy atom. The van der Waals surface area contributed by atoms with Gasteiger partial charge in [-0.3, -0.25) is 9.89 Å². The molecule has 1 aliphatic rings. The molecule has 0 aromatic heterocycles. The van der Waals surface area contributed by atoms with Gasteiger partial charge in [0.1, 0.15) is 0 Å². The summed E-state index contributed by atoms with van der Waals surface area (Å²) < 4.78 is 0. The van der Waals surface area contributed by atoms with Crippen LogP contribution in [0.4, 0.5) is 0 Å². The highest BCUT2D eigenvalue weighted by Crippen LogP contribution is 2.35. The van der Waals surface area contributed by atoms with Gasteiger partial charge in [0.25, 0.3) is 0 Å². The van der Waals surface area contributed by atoms with Crippen molar-refractivity contribution in [3.05, 3.63) is 70.2 Å². The monoisotopic (exact) mass is 409 g/mol. The summed E-state index contributed by atoms with van der Waals surface area (Å²) >= 11 is 6.25. The zero-order valence-electron chi connectivity index (χ0n) is 17.0. The summed E-state index contributed by atoms with van der Waals surface area (Å²) in [6, 6.07) is 18.3. The summed E-state index contributed by atoms with van der Waals surface area (Å²) in [6.07, 6.45) is 2.36. The molecule has 2 atom stereocenters. The number of nitriles is 1. The minimum Gasteiger partial charge on any atom is -0.356 e. The highest BCUT2D eigenvalue weighted by atomic mass is 35.5. The molecule has 0 saturated carbocycles. The lowest BCUT2D eigenvalue weighted by Gasteiger charge is -2.40. The van der Waals surface area contributed by atoms with Crippen LogP contribution in [0, 0.1) is 17.2 Å². The van der Waals surface area contributed by atoms with E-state index in [-0.39, 0.29) is 0 Å². The van der Waals surface area contributed by atoms with Gasteiger partial charge >= 0.3 is 0 Å². The molecule has 2 aromatic rings. The summed E-state index contributed by atoms with van der Waals surface area (Å²) in [7, 11) is 3.98. The van der Waals surface area contributed by atoms with Crippen LogP contribution in [0.25, 0.3) is 0 Å². The fourth-order valence-corrected chi connectivity index (χ4v) is 4.22. The van der Waals surface area contributed by atoms with E-state index in [9.17, 15) is 0 Å². The Hall–Kier alpha value is -2.55. The fourth-order valence-electron chi connectivity index (χ4n) is 4.02. The van der Waals surface area contributed by atoms with Crippen LogP contribution in [0.1, 0.15) is 35.6 Å². The lowest BCUT2D eigenvalue weighted by atomic mass is 9.85. The molecule has 152 valence electrons. The van der Waals surface area contributed by atoms with Crippen LogP contribution in [0.5, 0.6) is 0 Å². The van der Waals surface area contributed by atoms with E-state index >= 15 is 0 Å². The van der Waals surface area contributed by atoms with Crippen LogP contribution >= 0.6 is 11.6 Å². The molecular weight excluding hydrogens is 382 g/mol. The fraction of sp³-hybridized carbons (Fsp3) is 0.391. The Balaban J connectivity index is 1.60. The van der Waals surface area contributed by atoms with Crippen molar-refractivity contribution in [3.63, 3.8) is 0 Å². The van der Waals surface area contributed by atoms with Crippen molar-refractivity contribution in [2.24, 2.45) is 10.9 Å². The van der Waals surface area contributed by atoms with Gasteiger partial charge in [0.2, 0.25) is 0 Å². The van der Waals surface area contributed by atoms with Crippen LogP contribution in [-0.2, 0) is 6.54 Å².